The Morgan fingerprint density at radius 2 is 1.27 bits per heavy atom. The van der Waals surface area contributed by atoms with Gasteiger partial charge in [0.15, 0.2) is 0 Å². The minimum atomic E-state index is -2.77. The van der Waals surface area contributed by atoms with Crippen LogP contribution in [0.2, 0.25) is 18.3 Å². The molecule has 2 aromatic rings. The molecule has 2 aromatic carbocycles. The minimum Gasteiger partial charge on any atom is -0.0623 e. The summed E-state index contributed by atoms with van der Waals surface area (Å²) in [5, 5.41) is 8.42. The van der Waals surface area contributed by atoms with E-state index in [4.69, 9.17) is 4.43 Å². The smallest absolute Gasteiger partial charge is 0.0623 e. The van der Waals surface area contributed by atoms with Crippen LogP contribution in [0.4, 0.5) is 0 Å². The van der Waals surface area contributed by atoms with E-state index in [1.54, 1.807) is 12.3 Å². The van der Waals surface area contributed by atoms with Gasteiger partial charge < -0.3 is 0 Å². The third-order valence-corrected chi connectivity index (χ3v) is 29.2. The standard InChI is InChI=1S/C33H45N2O3Si.3C4H9.Sn/c1-9-11-19-26(20-18-25-34-31(37)30(32(3,4)5)35-29(36)10-2)38-39(33(6,7)8,27-21-14-12-15-22-27)28-23-16-13-17-24-28;3*1-3-4-2;/h2,10-19,21-26,30H,9,20H2,1,3-8H3,(H,34,37)(H,35,36);3*1,3-4H2,2H3;/b10-2?,19-11-,25-18+;;;;. The molecule has 7 heteroatoms. The van der Waals surface area contributed by atoms with E-state index in [9.17, 15) is 9.59 Å². The third kappa shape index (κ3) is 14.1. The van der Waals surface area contributed by atoms with Gasteiger partial charge >= 0.3 is 201 Å². The summed E-state index contributed by atoms with van der Waals surface area (Å²) in [6.45, 7) is 21.8. The molecule has 2 amide bonds. The van der Waals surface area contributed by atoms with E-state index in [1.807, 2.05) is 26.8 Å². The number of nitrogens with one attached hydrogen (secondary N) is 2. The summed E-state index contributed by atoms with van der Waals surface area (Å²) in [5.41, 5.74) is -0.465. The summed E-state index contributed by atoms with van der Waals surface area (Å²) in [5.74, 6) is -0.370. The van der Waals surface area contributed by atoms with Crippen LogP contribution in [0.5, 0.6) is 0 Å². The average molecular weight is 836 g/mol. The zero-order valence-corrected chi connectivity index (χ0v) is 38.2. The molecule has 2 rings (SSSR count). The van der Waals surface area contributed by atoms with Crippen molar-refractivity contribution in [2.24, 2.45) is 5.41 Å². The van der Waals surface area contributed by atoms with Gasteiger partial charge in [-0.1, -0.05) is 94.4 Å². The molecule has 0 bridgehead atoms. The van der Waals surface area contributed by atoms with Crippen molar-refractivity contribution in [1.82, 2.24) is 10.6 Å². The quantitative estimate of drug-likeness (QED) is 0.0705. The van der Waals surface area contributed by atoms with Crippen molar-refractivity contribution in [3.05, 3.63) is 95.3 Å². The first-order chi connectivity index (χ1) is 24.7. The molecule has 0 aliphatic heterocycles. The molecule has 0 aliphatic carbocycles. The van der Waals surface area contributed by atoms with Crippen LogP contribution in [0.25, 0.3) is 0 Å². The van der Waals surface area contributed by atoms with E-state index in [1.165, 1.54) is 62.2 Å². The fourth-order valence-corrected chi connectivity index (χ4v) is 25.8. The van der Waals surface area contributed by atoms with Gasteiger partial charge in [0.25, 0.3) is 8.32 Å². The maximum absolute atomic E-state index is 13.7. The maximum atomic E-state index is 13.7. The molecule has 0 spiro atoms. The van der Waals surface area contributed by atoms with Gasteiger partial charge in [-0.25, -0.2) is 0 Å². The summed E-state index contributed by atoms with van der Waals surface area (Å²) in [6.07, 6.45) is 18.5. The summed E-state index contributed by atoms with van der Waals surface area (Å²) >= 11 is -2.63. The summed E-state index contributed by atoms with van der Waals surface area (Å²) in [4.78, 5) is 27.1. The molecule has 0 aliphatic rings. The molecule has 288 valence electrons. The van der Waals surface area contributed by atoms with Crippen LogP contribution in [0.15, 0.2) is 95.3 Å². The molecule has 0 radical (unpaired) electrons. The second-order valence-electron chi connectivity index (χ2n) is 16.6. The van der Waals surface area contributed by atoms with Crippen molar-refractivity contribution in [3.63, 3.8) is 0 Å². The number of benzene rings is 2. The number of rotatable bonds is 22. The fourth-order valence-electron chi connectivity index (χ4n) is 7.13. The first kappa shape index (κ1) is 45.7. The van der Waals surface area contributed by atoms with E-state index >= 15 is 0 Å². The second-order valence-corrected chi connectivity index (χ2v) is 33.9. The van der Waals surface area contributed by atoms with Crippen molar-refractivity contribution in [3.8, 4) is 0 Å². The minimum absolute atomic E-state index is 0.149. The van der Waals surface area contributed by atoms with Crippen molar-refractivity contribution in [1.29, 1.82) is 0 Å². The van der Waals surface area contributed by atoms with Gasteiger partial charge in [-0.05, 0) is 21.8 Å². The van der Waals surface area contributed by atoms with Crippen molar-refractivity contribution < 1.29 is 14.0 Å². The Labute approximate surface area is 323 Å². The molecule has 0 saturated heterocycles. The third-order valence-electron chi connectivity index (χ3n) is 10.1. The van der Waals surface area contributed by atoms with Gasteiger partial charge in [-0.3, -0.25) is 0 Å². The number of hydrogen-bond donors (Lipinski definition) is 2. The number of unbranched alkanes of at least 4 members (excludes halogenated alkanes) is 3. The Hall–Kier alpha value is -2.42. The first-order valence-electron chi connectivity index (χ1n) is 20.1. The monoisotopic (exact) mass is 836 g/mol. The number of amides is 2. The number of carbonyl (C=O) groups is 2. The van der Waals surface area contributed by atoms with Gasteiger partial charge in [0.1, 0.15) is 0 Å². The molecule has 0 heterocycles. The van der Waals surface area contributed by atoms with E-state index in [0.29, 0.717) is 6.42 Å². The van der Waals surface area contributed by atoms with Crippen LogP contribution in [0, 0.1) is 5.41 Å². The predicted molar refractivity (Wildman–Crippen MR) is 229 cm³/mol. The van der Waals surface area contributed by atoms with Crippen LogP contribution >= 0.6 is 0 Å². The molecule has 2 N–H and O–H groups in total. The van der Waals surface area contributed by atoms with E-state index in [0.717, 1.165) is 6.42 Å². The molecule has 0 aromatic heterocycles. The fraction of sp³-hybridized carbons (Fsp3) is 0.556. The zero-order valence-electron chi connectivity index (χ0n) is 34.4. The van der Waals surface area contributed by atoms with Crippen LogP contribution in [0.1, 0.15) is 121 Å². The molecule has 2 unspecified atom stereocenters. The second kappa shape index (κ2) is 22.7. The number of hydrogen-bond acceptors (Lipinski definition) is 3. The van der Waals surface area contributed by atoms with Crippen molar-refractivity contribution >= 4 is 48.9 Å². The van der Waals surface area contributed by atoms with Gasteiger partial charge in [0.05, 0.1) is 0 Å². The summed E-state index contributed by atoms with van der Waals surface area (Å²) in [6, 6.07) is 20.7. The normalized spacial score (nSPS) is 14.3. The Kier molecular flexibility index (Phi) is 20.0. The van der Waals surface area contributed by atoms with Crippen molar-refractivity contribution in [2.75, 3.05) is 0 Å². The predicted octanol–water partition coefficient (Wildman–Crippen LogP) is 10.4. The van der Waals surface area contributed by atoms with Crippen LogP contribution in [-0.4, -0.2) is 50.7 Å². The summed E-state index contributed by atoms with van der Waals surface area (Å²) in [7, 11) is -2.77. The molecule has 0 saturated carbocycles. The van der Waals surface area contributed by atoms with E-state index in [-0.39, 0.29) is 23.0 Å². The first-order valence-corrected chi connectivity index (χ1v) is 29.7. The Morgan fingerprint density at radius 3 is 1.69 bits per heavy atom. The Bertz CT molecular complexity index is 1350. The van der Waals surface area contributed by atoms with Crippen LogP contribution in [0.3, 0.4) is 0 Å². The number of carbonyl (C=O) groups excluding carboxylic acids is 2. The molecule has 2 atom stereocenters. The molecule has 5 nitrogen and oxygen atoms in total. The molecule has 0 fully saturated rings. The Morgan fingerprint density at radius 1 is 0.769 bits per heavy atom. The average Bonchev–Trinajstić information content (AvgIpc) is 3.12. The van der Waals surface area contributed by atoms with E-state index < -0.39 is 38.2 Å². The van der Waals surface area contributed by atoms with Gasteiger partial charge in [-0.15, -0.1) is 0 Å². The van der Waals surface area contributed by atoms with Crippen LogP contribution < -0.4 is 21.0 Å². The molecular formula is C45H72N2O3SiSn. The van der Waals surface area contributed by atoms with Crippen LogP contribution in [-0.2, 0) is 14.0 Å². The Balaban J connectivity index is 2.30. The van der Waals surface area contributed by atoms with Crippen molar-refractivity contribution in [2.45, 2.75) is 151 Å². The van der Waals surface area contributed by atoms with E-state index in [2.05, 4.69) is 136 Å². The van der Waals surface area contributed by atoms with Gasteiger partial charge in [-0.2, -0.15) is 0 Å². The number of allylic oxidation sites excluding steroid dienone is 1. The molecule has 52 heavy (non-hydrogen) atoms. The molecular weight excluding hydrogens is 763 g/mol. The summed E-state index contributed by atoms with van der Waals surface area (Å²) < 4.78 is 13.7. The van der Waals surface area contributed by atoms with Gasteiger partial charge in [0.2, 0.25) is 0 Å². The topological polar surface area (TPSA) is 67.4 Å². The van der Waals surface area contributed by atoms with Gasteiger partial charge in [0, 0.05) is 0 Å². The SMILES string of the molecule is CC/C=C\C(C/C=C/NC(=O)C(NC(=O)/C=[CH]/[Sn]([CH2]CCC)([CH2]CCC)[CH2]CCC)C(C)(C)C)O[Si](c1ccccc1)(c1ccccc1)C(C)(C)C. The zero-order chi connectivity index (χ0) is 38.7.